The third kappa shape index (κ3) is 5.86. The Morgan fingerprint density at radius 3 is 2.16 bits per heavy atom. The summed E-state index contributed by atoms with van der Waals surface area (Å²) >= 11 is 0. The molecule has 0 amide bonds. The maximum absolute atomic E-state index is 3.83. The molecule has 2 unspecified atom stereocenters. The minimum Gasteiger partial charge on any atom is -0.304 e. The number of benzene rings is 2. The van der Waals surface area contributed by atoms with E-state index in [2.05, 4.69) is 108 Å². The van der Waals surface area contributed by atoms with E-state index >= 15 is 0 Å². The largest absolute Gasteiger partial charge is 0.304 e. The van der Waals surface area contributed by atoms with Crippen molar-refractivity contribution in [1.82, 2.24) is 5.32 Å². The van der Waals surface area contributed by atoms with Gasteiger partial charge in [0.15, 0.2) is 0 Å². The van der Waals surface area contributed by atoms with Crippen molar-refractivity contribution >= 4 is 0 Å². The Balaban J connectivity index is 2.17. The topological polar surface area (TPSA) is 12.0 Å². The van der Waals surface area contributed by atoms with Crippen molar-refractivity contribution in [2.45, 2.75) is 65.5 Å². The maximum Gasteiger partial charge on any atom is 0.0297 e. The fourth-order valence-corrected chi connectivity index (χ4v) is 3.40. The summed E-state index contributed by atoms with van der Waals surface area (Å²) in [6.45, 7) is 13.4. The van der Waals surface area contributed by atoms with Gasteiger partial charge in [-0.3, -0.25) is 0 Å². The van der Waals surface area contributed by atoms with Crippen LogP contribution < -0.4 is 5.32 Å². The monoisotopic (exact) mass is 335 g/mol. The molecule has 1 heteroatoms. The normalized spacial score (nSPS) is 14.0. The number of hydrogen-bond donors (Lipinski definition) is 1. The summed E-state index contributed by atoms with van der Waals surface area (Å²) in [5.74, 6) is 0. The Labute approximate surface area is 154 Å². The quantitative estimate of drug-likeness (QED) is 0.581. The minimum atomic E-state index is 0.119. The lowest BCUT2D eigenvalue weighted by molar-refractivity contribution is 0.387. The second kappa shape index (κ2) is 8.49. The van der Waals surface area contributed by atoms with Gasteiger partial charge in [0.1, 0.15) is 0 Å². The van der Waals surface area contributed by atoms with Gasteiger partial charge in [-0.2, -0.15) is 0 Å². The molecule has 0 radical (unpaired) electrons. The Hall–Kier alpha value is -1.86. The average molecular weight is 336 g/mol. The molecule has 2 aromatic carbocycles. The van der Waals surface area contributed by atoms with E-state index in [0.717, 1.165) is 6.42 Å². The van der Waals surface area contributed by atoms with Crippen LogP contribution in [0.5, 0.6) is 0 Å². The maximum atomic E-state index is 3.83. The average Bonchev–Trinajstić information content (AvgIpc) is 2.55. The molecule has 2 aromatic rings. The molecule has 0 fully saturated rings. The minimum absolute atomic E-state index is 0.119. The zero-order valence-corrected chi connectivity index (χ0v) is 16.6. The second-order valence-corrected chi connectivity index (χ2v) is 8.10. The highest BCUT2D eigenvalue weighted by Crippen LogP contribution is 2.30. The van der Waals surface area contributed by atoms with Crippen LogP contribution in [0.4, 0.5) is 0 Å². The van der Waals surface area contributed by atoms with Crippen LogP contribution in [0, 0.1) is 6.92 Å². The number of aryl methyl sites for hydroxylation is 1. The van der Waals surface area contributed by atoms with Crippen molar-refractivity contribution in [2.75, 3.05) is 0 Å². The Kier molecular flexibility index (Phi) is 6.61. The number of nitrogens with one attached hydrogen (secondary N) is 1. The highest BCUT2D eigenvalue weighted by Gasteiger charge is 2.25. The van der Waals surface area contributed by atoms with Crippen LogP contribution in [0.2, 0.25) is 0 Å². The molecule has 0 spiro atoms. The fraction of sp³-hybridized carbons (Fsp3) is 0.417. The molecular weight excluding hydrogens is 302 g/mol. The zero-order valence-electron chi connectivity index (χ0n) is 16.6. The zero-order chi connectivity index (χ0) is 18.4. The van der Waals surface area contributed by atoms with Gasteiger partial charge in [0.25, 0.3) is 0 Å². The summed E-state index contributed by atoms with van der Waals surface area (Å²) in [5, 5.41) is 3.83. The predicted octanol–water partition coefficient (Wildman–Crippen LogP) is 6.35. The number of hydrogen-bond acceptors (Lipinski definition) is 1. The molecule has 134 valence electrons. The summed E-state index contributed by atoms with van der Waals surface area (Å²) in [5.41, 5.74) is 5.53. The lowest BCUT2D eigenvalue weighted by Gasteiger charge is -2.32. The Bertz CT molecular complexity index is 676. The molecule has 0 heterocycles. The SMILES string of the molecule is CC(C)=CC(CC(C)(C)c1ccc(C)cc1)NC(C)c1ccccc1. The lowest BCUT2D eigenvalue weighted by atomic mass is 9.78. The van der Waals surface area contributed by atoms with E-state index in [4.69, 9.17) is 0 Å². The van der Waals surface area contributed by atoms with Crippen LogP contribution in [0.25, 0.3) is 0 Å². The van der Waals surface area contributed by atoms with E-state index in [1.165, 1.54) is 22.3 Å². The summed E-state index contributed by atoms with van der Waals surface area (Å²) in [6, 6.07) is 20.3. The molecule has 0 aliphatic rings. The first-order valence-electron chi connectivity index (χ1n) is 9.31. The van der Waals surface area contributed by atoms with Crippen molar-refractivity contribution < 1.29 is 0 Å². The summed E-state index contributed by atoms with van der Waals surface area (Å²) in [4.78, 5) is 0. The van der Waals surface area contributed by atoms with Crippen molar-refractivity contribution in [2.24, 2.45) is 0 Å². The van der Waals surface area contributed by atoms with E-state index in [0.29, 0.717) is 12.1 Å². The van der Waals surface area contributed by atoms with Crippen molar-refractivity contribution in [3.63, 3.8) is 0 Å². The molecule has 2 atom stereocenters. The van der Waals surface area contributed by atoms with Gasteiger partial charge in [-0.25, -0.2) is 0 Å². The number of allylic oxidation sites excluding steroid dienone is 1. The first-order chi connectivity index (χ1) is 11.8. The van der Waals surface area contributed by atoms with Crippen LogP contribution in [-0.2, 0) is 5.41 Å². The van der Waals surface area contributed by atoms with E-state index in [1.54, 1.807) is 0 Å². The van der Waals surface area contributed by atoms with Crippen LogP contribution >= 0.6 is 0 Å². The van der Waals surface area contributed by atoms with Gasteiger partial charge in [-0.15, -0.1) is 0 Å². The Morgan fingerprint density at radius 2 is 1.60 bits per heavy atom. The molecule has 2 rings (SSSR count). The highest BCUT2D eigenvalue weighted by molar-refractivity contribution is 5.28. The predicted molar refractivity (Wildman–Crippen MR) is 110 cm³/mol. The van der Waals surface area contributed by atoms with E-state index in [9.17, 15) is 0 Å². The molecule has 25 heavy (non-hydrogen) atoms. The summed E-state index contributed by atoms with van der Waals surface area (Å²) in [6.07, 6.45) is 3.44. The van der Waals surface area contributed by atoms with Gasteiger partial charge in [-0.05, 0) is 50.7 Å². The van der Waals surface area contributed by atoms with Crippen LogP contribution in [0.3, 0.4) is 0 Å². The van der Waals surface area contributed by atoms with E-state index < -0.39 is 0 Å². The summed E-state index contributed by atoms with van der Waals surface area (Å²) < 4.78 is 0. The van der Waals surface area contributed by atoms with Gasteiger partial charge in [-0.1, -0.05) is 85.7 Å². The van der Waals surface area contributed by atoms with Crippen molar-refractivity contribution in [1.29, 1.82) is 0 Å². The number of rotatable bonds is 7. The van der Waals surface area contributed by atoms with Gasteiger partial charge in [0.05, 0.1) is 0 Å². The van der Waals surface area contributed by atoms with Crippen LogP contribution in [0.15, 0.2) is 66.2 Å². The van der Waals surface area contributed by atoms with E-state index in [-0.39, 0.29) is 5.41 Å². The second-order valence-electron chi connectivity index (χ2n) is 8.10. The van der Waals surface area contributed by atoms with Crippen LogP contribution in [0.1, 0.15) is 63.8 Å². The molecule has 0 aliphatic carbocycles. The van der Waals surface area contributed by atoms with Gasteiger partial charge in [0, 0.05) is 12.1 Å². The smallest absolute Gasteiger partial charge is 0.0297 e. The van der Waals surface area contributed by atoms with E-state index in [1.807, 2.05) is 0 Å². The highest BCUT2D eigenvalue weighted by atomic mass is 14.9. The van der Waals surface area contributed by atoms with Gasteiger partial charge < -0.3 is 5.32 Å². The fourth-order valence-electron chi connectivity index (χ4n) is 3.40. The van der Waals surface area contributed by atoms with Crippen molar-refractivity contribution in [3.05, 3.63) is 82.9 Å². The molecule has 0 aromatic heterocycles. The first-order valence-corrected chi connectivity index (χ1v) is 9.31. The molecule has 0 aliphatic heterocycles. The van der Waals surface area contributed by atoms with Crippen molar-refractivity contribution in [3.8, 4) is 0 Å². The third-order valence-corrected chi connectivity index (χ3v) is 4.86. The van der Waals surface area contributed by atoms with Gasteiger partial charge in [0.2, 0.25) is 0 Å². The van der Waals surface area contributed by atoms with Gasteiger partial charge >= 0.3 is 0 Å². The Morgan fingerprint density at radius 1 is 1.00 bits per heavy atom. The first kappa shape index (κ1) is 19.5. The standard InChI is InChI=1S/C24H33N/c1-18(2)16-23(25-20(4)21-10-8-7-9-11-21)17-24(5,6)22-14-12-19(3)13-15-22/h7-16,20,23,25H,17H2,1-6H3. The molecule has 0 saturated carbocycles. The van der Waals surface area contributed by atoms with Crippen LogP contribution in [-0.4, -0.2) is 6.04 Å². The molecule has 1 nitrogen and oxygen atoms in total. The third-order valence-electron chi connectivity index (χ3n) is 4.86. The lowest BCUT2D eigenvalue weighted by Crippen LogP contribution is -2.36. The molecule has 1 N–H and O–H groups in total. The summed E-state index contributed by atoms with van der Waals surface area (Å²) in [7, 11) is 0. The molecule has 0 saturated heterocycles. The molecule has 0 bridgehead atoms. The molecular formula is C24H33N.